The summed E-state index contributed by atoms with van der Waals surface area (Å²) in [5.41, 5.74) is 1.43. The molecule has 3 rings (SSSR count). The van der Waals surface area contributed by atoms with Crippen molar-refractivity contribution < 1.29 is 14.0 Å². The highest BCUT2D eigenvalue weighted by atomic mass is 28.4. The second kappa shape index (κ2) is 7.06. The fourth-order valence-corrected chi connectivity index (χ4v) is 4.21. The van der Waals surface area contributed by atoms with Gasteiger partial charge in [0, 0.05) is 5.56 Å². The van der Waals surface area contributed by atoms with Gasteiger partial charge < -0.3 is 4.43 Å². The first-order valence-corrected chi connectivity index (χ1v) is 12.2. The minimum Gasteiger partial charge on any atom is -0.403 e. The van der Waals surface area contributed by atoms with E-state index in [-0.39, 0.29) is 22.9 Å². The predicted molar refractivity (Wildman–Crippen MR) is 109 cm³/mol. The zero-order valence-corrected chi connectivity index (χ0v) is 17.6. The van der Waals surface area contributed by atoms with Gasteiger partial charge >= 0.3 is 0 Å². The molecule has 1 aliphatic rings. The van der Waals surface area contributed by atoms with Crippen molar-refractivity contribution in [1.29, 1.82) is 0 Å². The molecule has 5 heteroatoms. The molecule has 2 aromatic carbocycles. The third-order valence-electron chi connectivity index (χ3n) is 5.65. The van der Waals surface area contributed by atoms with Gasteiger partial charge in [-0.1, -0.05) is 69.3 Å². The molecule has 27 heavy (non-hydrogen) atoms. The molecule has 0 aromatic heterocycles. The topological polar surface area (TPSA) is 46.6 Å². The monoisotopic (exact) mass is 381 g/mol. The third kappa shape index (κ3) is 3.62. The molecule has 0 N–H and O–H groups in total. The number of rotatable bonds is 4. The third-order valence-corrected chi connectivity index (χ3v) is 10.1. The van der Waals surface area contributed by atoms with E-state index in [2.05, 4.69) is 33.9 Å². The van der Waals surface area contributed by atoms with E-state index in [0.717, 1.165) is 5.56 Å². The molecule has 1 aliphatic heterocycles. The van der Waals surface area contributed by atoms with E-state index in [9.17, 15) is 9.59 Å². The van der Waals surface area contributed by atoms with Crippen LogP contribution in [0.2, 0.25) is 18.1 Å². The highest BCUT2D eigenvalue weighted by Gasteiger charge is 2.55. The lowest BCUT2D eigenvalue weighted by Gasteiger charge is -2.50. The number of imide groups is 1. The zero-order valence-electron chi connectivity index (χ0n) is 16.6. The molecule has 2 amide bonds. The summed E-state index contributed by atoms with van der Waals surface area (Å²) in [6.07, 6.45) is -0.610. The van der Waals surface area contributed by atoms with Crippen LogP contribution in [0, 0.1) is 0 Å². The number of nitrogens with zero attached hydrogens (tertiary/aromatic N) is 1. The average Bonchev–Trinajstić information content (AvgIpc) is 2.64. The molecule has 1 fully saturated rings. The van der Waals surface area contributed by atoms with Crippen LogP contribution in [-0.4, -0.2) is 31.1 Å². The van der Waals surface area contributed by atoms with Crippen molar-refractivity contribution in [2.45, 2.75) is 51.0 Å². The van der Waals surface area contributed by atoms with Crippen molar-refractivity contribution in [3.8, 4) is 0 Å². The molecule has 4 nitrogen and oxygen atoms in total. The first-order chi connectivity index (χ1) is 12.6. The molecule has 0 saturated carbocycles. The number of hydrogen-bond donors (Lipinski definition) is 0. The van der Waals surface area contributed by atoms with Crippen LogP contribution >= 0.6 is 0 Å². The Kier molecular flexibility index (Phi) is 5.10. The van der Waals surface area contributed by atoms with Crippen LogP contribution in [0.15, 0.2) is 60.7 Å². The Bertz CT molecular complexity index is 828. The Balaban J connectivity index is 1.94. The molecule has 2 atom stereocenters. The van der Waals surface area contributed by atoms with Crippen LogP contribution in [0.25, 0.3) is 0 Å². The van der Waals surface area contributed by atoms with Crippen LogP contribution < -0.4 is 0 Å². The molecular formula is C22H27NO3Si. The molecule has 0 spiro atoms. The van der Waals surface area contributed by atoms with E-state index in [1.54, 1.807) is 24.3 Å². The van der Waals surface area contributed by atoms with Gasteiger partial charge in [0.15, 0.2) is 14.4 Å². The number of amides is 2. The number of benzene rings is 2. The van der Waals surface area contributed by atoms with Crippen LogP contribution in [0.3, 0.4) is 0 Å². The van der Waals surface area contributed by atoms with Crippen LogP contribution in [-0.2, 0) is 9.22 Å². The van der Waals surface area contributed by atoms with Gasteiger partial charge in [-0.05, 0) is 35.8 Å². The second-order valence-corrected chi connectivity index (χ2v) is 13.3. The maximum Gasteiger partial charge on any atom is 0.261 e. The summed E-state index contributed by atoms with van der Waals surface area (Å²) in [5, 5.41) is -0.0155. The summed E-state index contributed by atoms with van der Waals surface area (Å²) in [5.74, 6) is -0.521. The van der Waals surface area contributed by atoms with E-state index >= 15 is 0 Å². The largest absolute Gasteiger partial charge is 0.403 e. The molecule has 0 aliphatic carbocycles. The van der Waals surface area contributed by atoms with Crippen LogP contribution in [0.4, 0.5) is 0 Å². The van der Waals surface area contributed by atoms with Gasteiger partial charge in [-0.3, -0.25) is 14.5 Å². The molecule has 2 aromatic rings. The zero-order chi connectivity index (χ0) is 19.8. The SMILES string of the molecule is CC(C)(C)[Si](C)(C)O[C@H]1C(=O)N(C(=O)c2ccccc2)[C@H]1c1ccccc1. The van der Waals surface area contributed by atoms with Crippen molar-refractivity contribution in [3.05, 3.63) is 71.8 Å². The van der Waals surface area contributed by atoms with E-state index in [4.69, 9.17) is 4.43 Å². The highest BCUT2D eigenvalue weighted by molar-refractivity contribution is 6.74. The lowest BCUT2D eigenvalue weighted by Crippen LogP contribution is -2.65. The first-order valence-electron chi connectivity index (χ1n) is 9.29. The van der Waals surface area contributed by atoms with E-state index in [0.29, 0.717) is 5.56 Å². The smallest absolute Gasteiger partial charge is 0.261 e. The fraction of sp³-hybridized carbons (Fsp3) is 0.364. The van der Waals surface area contributed by atoms with Gasteiger partial charge in [-0.2, -0.15) is 0 Å². The Morgan fingerprint density at radius 1 is 0.963 bits per heavy atom. The number of β-lactam (4-membered cyclic amide) rings is 1. The van der Waals surface area contributed by atoms with Gasteiger partial charge in [0.05, 0.1) is 6.04 Å². The summed E-state index contributed by atoms with van der Waals surface area (Å²) in [6, 6.07) is 18.2. The number of carbonyl (C=O) groups is 2. The summed E-state index contributed by atoms with van der Waals surface area (Å²) >= 11 is 0. The van der Waals surface area contributed by atoms with Gasteiger partial charge in [-0.15, -0.1) is 0 Å². The molecule has 1 saturated heterocycles. The summed E-state index contributed by atoms with van der Waals surface area (Å²) < 4.78 is 6.43. The van der Waals surface area contributed by atoms with Crippen molar-refractivity contribution in [3.63, 3.8) is 0 Å². The molecular weight excluding hydrogens is 354 g/mol. The van der Waals surface area contributed by atoms with Gasteiger partial charge in [-0.25, -0.2) is 0 Å². The highest BCUT2D eigenvalue weighted by Crippen LogP contribution is 2.44. The second-order valence-electron chi connectivity index (χ2n) is 8.53. The maximum absolute atomic E-state index is 13.0. The molecule has 1 heterocycles. The Morgan fingerprint density at radius 2 is 1.48 bits per heavy atom. The Morgan fingerprint density at radius 3 is 2.00 bits per heavy atom. The predicted octanol–water partition coefficient (Wildman–Crippen LogP) is 4.80. The minimum absolute atomic E-state index is 0.0155. The molecule has 0 radical (unpaired) electrons. The molecule has 142 valence electrons. The standard InChI is InChI=1S/C22H27NO3Si/c1-22(2,3)27(4,5)26-19-18(16-12-8-6-9-13-16)23(21(19)25)20(24)17-14-10-7-11-15-17/h6-15,18-19H,1-5H3/t18-,19+/m0/s1. The average molecular weight is 382 g/mol. The first kappa shape index (κ1) is 19.5. The molecule has 0 bridgehead atoms. The van der Waals surface area contributed by atoms with Crippen molar-refractivity contribution in [2.24, 2.45) is 0 Å². The van der Waals surface area contributed by atoms with E-state index < -0.39 is 14.4 Å². The normalized spacial score (nSPS) is 20.3. The number of hydrogen-bond acceptors (Lipinski definition) is 3. The minimum atomic E-state index is -2.16. The Labute approximate surface area is 162 Å². The summed E-state index contributed by atoms with van der Waals surface area (Å²) in [4.78, 5) is 27.3. The summed E-state index contributed by atoms with van der Waals surface area (Å²) in [7, 11) is -2.16. The van der Waals surface area contributed by atoms with E-state index in [1.807, 2.05) is 36.4 Å². The van der Waals surface area contributed by atoms with Crippen LogP contribution in [0.1, 0.15) is 42.7 Å². The van der Waals surface area contributed by atoms with Gasteiger partial charge in [0.25, 0.3) is 11.8 Å². The van der Waals surface area contributed by atoms with Gasteiger partial charge in [0.1, 0.15) is 0 Å². The lowest BCUT2D eigenvalue weighted by molar-refractivity contribution is -0.158. The van der Waals surface area contributed by atoms with Gasteiger partial charge in [0.2, 0.25) is 0 Å². The Hall–Kier alpha value is -2.24. The van der Waals surface area contributed by atoms with Crippen LogP contribution in [0.5, 0.6) is 0 Å². The van der Waals surface area contributed by atoms with Crippen molar-refractivity contribution >= 4 is 20.1 Å². The molecule has 0 unspecified atom stereocenters. The number of likely N-dealkylation sites (tertiary alicyclic amines) is 1. The fourth-order valence-electron chi connectivity index (χ4n) is 2.99. The maximum atomic E-state index is 13.0. The van der Waals surface area contributed by atoms with E-state index in [1.165, 1.54) is 4.90 Å². The van der Waals surface area contributed by atoms with Crippen molar-refractivity contribution in [1.82, 2.24) is 4.90 Å². The quantitative estimate of drug-likeness (QED) is 0.434. The number of carbonyl (C=O) groups excluding carboxylic acids is 2. The van der Waals surface area contributed by atoms with Crippen molar-refractivity contribution in [2.75, 3.05) is 0 Å². The lowest BCUT2D eigenvalue weighted by atomic mass is 9.90. The summed E-state index contributed by atoms with van der Waals surface area (Å²) in [6.45, 7) is 10.7.